The van der Waals surface area contributed by atoms with Crippen molar-refractivity contribution >= 4 is 33.2 Å². The number of para-hydroxylation sites is 1. The Morgan fingerprint density at radius 3 is 2.50 bits per heavy atom. The molecule has 0 bridgehead atoms. The lowest BCUT2D eigenvalue weighted by molar-refractivity contribution is 0.408. The van der Waals surface area contributed by atoms with Crippen LogP contribution in [-0.2, 0) is 16.6 Å². The molecule has 0 spiro atoms. The first-order valence-electron chi connectivity index (χ1n) is 8.57. The van der Waals surface area contributed by atoms with Crippen molar-refractivity contribution in [1.29, 1.82) is 0 Å². The molecule has 0 aliphatic carbocycles. The summed E-state index contributed by atoms with van der Waals surface area (Å²) >= 11 is 11.8. The Balaban J connectivity index is 1.84. The lowest BCUT2D eigenvalue weighted by atomic mass is 10.3. The van der Waals surface area contributed by atoms with E-state index in [1.54, 1.807) is 13.1 Å². The molecule has 28 heavy (non-hydrogen) atoms. The number of benzene rings is 2. The third-order valence-electron chi connectivity index (χ3n) is 4.10. The summed E-state index contributed by atoms with van der Waals surface area (Å²) in [4.78, 5) is 4.34. The largest absolute Gasteiger partial charge is 0.426 e. The number of imidazole rings is 1. The third kappa shape index (κ3) is 4.50. The van der Waals surface area contributed by atoms with E-state index in [9.17, 15) is 8.42 Å². The average Bonchev–Trinajstić information content (AvgIpc) is 3.07. The van der Waals surface area contributed by atoms with E-state index in [2.05, 4.69) is 9.71 Å². The summed E-state index contributed by atoms with van der Waals surface area (Å²) in [5.74, 6) is 0.651. The number of rotatable bonds is 7. The fraction of sp³-hybridized carbons (Fsp3) is 0.211. The highest BCUT2D eigenvalue weighted by Gasteiger charge is 2.23. The van der Waals surface area contributed by atoms with Crippen molar-refractivity contribution in [2.75, 3.05) is 0 Å². The Morgan fingerprint density at radius 1 is 1.14 bits per heavy atom. The molecule has 0 saturated carbocycles. The minimum absolute atomic E-state index is 0.0390. The third-order valence-corrected chi connectivity index (χ3v) is 6.37. The predicted molar refractivity (Wildman–Crippen MR) is 110 cm³/mol. The van der Waals surface area contributed by atoms with Gasteiger partial charge in [0, 0.05) is 6.54 Å². The molecule has 6 nitrogen and oxygen atoms in total. The van der Waals surface area contributed by atoms with E-state index in [-0.39, 0.29) is 9.92 Å². The smallest absolute Gasteiger partial charge is 0.302 e. The molecular formula is C19H19Cl2N3O3S. The Kier molecular flexibility index (Phi) is 6.30. The van der Waals surface area contributed by atoms with Gasteiger partial charge in [-0.1, -0.05) is 41.4 Å². The number of nitrogens with one attached hydrogen (secondary N) is 1. The van der Waals surface area contributed by atoms with Crippen molar-refractivity contribution in [3.05, 3.63) is 70.5 Å². The van der Waals surface area contributed by atoms with Gasteiger partial charge in [0.2, 0.25) is 10.0 Å². The molecule has 0 fully saturated rings. The van der Waals surface area contributed by atoms with Crippen molar-refractivity contribution in [3.63, 3.8) is 0 Å². The number of ether oxygens (including phenoxy) is 1. The molecule has 1 heterocycles. The molecule has 1 N–H and O–H groups in total. The van der Waals surface area contributed by atoms with Gasteiger partial charge in [0.15, 0.2) is 0 Å². The second-order valence-corrected chi connectivity index (χ2v) is 8.57. The van der Waals surface area contributed by atoms with Gasteiger partial charge < -0.3 is 4.74 Å². The van der Waals surface area contributed by atoms with E-state index in [0.717, 1.165) is 0 Å². The van der Waals surface area contributed by atoms with Crippen LogP contribution in [0.1, 0.15) is 25.6 Å². The van der Waals surface area contributed by atoms with E-state index in [1.807, 2.05) is 41.8 Å². The molecular weight excluding hydrogens is 421 g/mol. The number of sulfonamides is 1. The second-order valence-electron chi connectivity index (χ2n) is 6.04. The van der Waals surface area contributed by atoms with E-state index in [0.29, 0.717) is 29.0 Å². The average molecular weight is 440 g/mol. The van der Waals surface area contributed by atoms with E-state index in [1.165, 1.54) is 18.2 Å². The highest BCUT2D eigenvalue weighted by molar-refractivity contribution is 7.89. The number of hydrogen-bond donors (Lipinski definition) is 1. The Bertz CT molecular complexity index is 1070. The standard InChI is InChI=1S/C19H19Cl2N3O3S/c1-3-24-18(12-22-19(24)27-14-7-5-4-6-8-14)13(2)23-28(25,26)15-9-10-16(20)17(21)11-15/h4-13,23H,3H2,1-2H3. The zero-order valence-corrected chi connectivity index (χ0v) is 17.6. The minimum atomic E-state index is -3.80. The van der Waals surface area contributed by atoms with Gasteiger partial charge in [0.25, 0.3) is 0 Å². The van der Waals surface area contributed by atoms with E-state index >= 15 is 0 Å². The molecule has 0 aliphatic rings. The van der Waals surface area contributed by atoms with E-state index in [4.69, 9.17) is 27.9 Å². The van der Waals surface area contributed by atoms with Gasteiger partial charge in [-0.05, 0) is 44.2 Å². The predicted octanol–water partition coefficient (Wildman–Crippen LogP) is 5.04. The van der Waals surface area contributed by atoms with Crippen molar-refractivity contribution < 1.29 is 13.2 Å². The van der Waals surface area contributed by atoms with Crippen LogP contribution >= 0.6 is 23.2 Å². The van der Waals surface area contributed by atoms with Crippen LogP contribution in [0, 0.1) is 0 Å². The first-order valence-corrected chi connectivity index (χ1v) is 10.8. The van der Waals surface area contributed by atoms with Gasteiger partial charge in [-0.15, -0.1) is 0 Å². The maximum atomic E-state index is 12.7. The molecule has 1 aromatic heterocycles. The van der Waals surface area contributed by atoms with Crippen LogP contribution in [0.25, 0.3) is 0 Å². The lowest BCUT2D eigenvalue weighted by Gasteiger charge is -2.17. The quantitative estimate of drug-likeness (QED) is 0.559. The van der Waals surface area contributed by atoms with Crippen molar-refractivity contribution in [2.45, 2.75) is 31.3 Å². The lowest BCUT2D eigenvalue weighted by Crippen LogP contribution is -2.28. The maximum Gasteiger partial charge on any atom is 0.302 e. The first-order chi connectivity index (χ1) is 13.3. The van der Waals surface area contributed by atoms with Crippen molar-refractivity contribution in [3.8, 4) is 11.8 Å². The summed E-state index contributed by atoms with van der Waals surface area (Å²) < 4.78 is 35.7. The highest BCUT2D eigenvalue weighted by atomic mass is 35.5. The number of hydrogen-bond acceptors (Lipinski definition) is 4. The van der Waals surface area contributed by atoms with Gasteiger partial charge in [-0.2, -0.15) is 0 Å². The van der Waals surface area contributed by atoms with Gasteiger partial charge in [-0.25, -0.2) is 18.1 Å². The monoisotopic (exact) mass is 439 g/mol. The zero-order chi connectivity index (χ0) is 20.3. The van der Waals surface area contributed by atoms with Crippen LogP contribution in [0.3, 0.4) is 0 Å². The molecule has 2 aromatic carbocycles. The summed E-state index contributed by atoms with van der Waals surface area (Å²) in [6.45, 7) is 4.24. The fourth-order valence-electron chi connectivity index (χ4n) is 2.72. The normalized spacial score (nSPS) is 12.7. The SMILES string of the molecule is CCn1c(C(C)NS(=O)(=O)c2ccc(Cl)c(Cl)c2)cnc1Oc1ccccc1. The summed E-state index contributed by atoms with van der Waals surface area (Å²) in [5.41, 5.74) is 0.678. The van der Waals surface area contributed by atoms with Gasteiger partial charge in [0.1, 0.15) is 5.75 Å². The van der Waals surface area contributed by atoms with Gasteiger partial charge in [-0.3, -0.25) is 4.57 Å². The van der Waals surface area contributed by atoms with Crippen molar-refractivity contribution in [1.82, 2.24) is 14.3 Å². The van der Waals surface area contributed by atoms with Crippen molar-refractivity contribution in [2.24, 2.45) is 0 Å². The molecule has 0 aliphatic heterocycles. The molecule has 1 unspecified atom stereocenters. The van der Waals surface area contributed by atoms with Crippen LogP contribution in [0.5, 0.6) is 11.8 Å². The Hall–Kier alpha value is -2.06. The van der Waals surface area contributed by atoms with Crippen LogP contribution in [0.2, 0.25) is 10.0 Å². The maximum absolute atomic E-state index is 12.7. The number of nitrogens with zero attached hydrogens (tertiary/aromatic N) is 2. The summed E-state index contributed by atoms with van der Waals surface area (Å²) in [5, 5.41) is 0.467. The summed E-state index contributed by atoms with van der Waals surface area (Å²) in [6, 6.07) is 13.3. The fourth-order valence-corrected chi connectivity index (χ4v) is 4.32. The number of halogens is 2. The molecule has 0 saturated heterocycles. The molecule has 0 radical (unpaired) electrons. The Labute approximate surface area is 174 Å². The molecule has 148 valence electrons. The summed E-state index contributed by atoms with van der Waals surface area (Å²) in [7, 11) is -3.80. The first kappa shape index (κ1) is 20.7. The van der Waals surface area contributed by atoms with Crippen LogP contribution in [0.4, 0.5) is 0 Å². The number of aromatic nitrogens is 2. The zero-order valence-electron chi connectivity index (χ0n) is 15.3. The molecule has 0 amide bonds. The topological polar surface area (TPSA) is 73.2 Å². The molecule has 9 heteroatoms. The van der Waals surface area contributed by atoms with Crippen LogP contribution in [-0.4, -0.2) is 18.0 Å². The summed E-state index contributed by atoms with van der Waals surface area (Å²) in [6.07, 6.45) is 1.60. The van der Waals surface area contributed by atoms with E-state index < -0.39 is 16.1 Å². The Morgan fingerprint density at radius 2 is 1.86 bits per heavy atom. The molecule has 3 aromatic rings. The van der Waals surface area contributed by atoms with Gasteiger partial charge in [0.05, 0.1) is 32.9 Å². The molecule has 3 rings (SSSR count). The van der Waals surface area contributed by atoms with Crippen LogP contribution in [0.15, 0.2) is 59.6 Å². The van der Waals surface area contributed by atoms with Crippen LogP contribution < -0.4 is 9.46 Å². The highest BCUT2D eigenvalue weighted by Crippen LogP contribution is 2.27. The second kappa shape index (κ2) is 8.53. The van der Waals surface area contributed by atoms with Gasteiger partial charge >= 0.3 is 6.01 Å². The molecule has 1 atom stereocenters. The minimum Gasteiger partial charge on any atom is -0.426 e.